The van der Waals surface area contributed by atoms with Crippen LogP contribution in [0.2, 0.25) is 0 Å². The van der Waals surface area contributed by atoms with E-state index in [1.54, 1.807) is 13.8 Å². The van der Waals surface area contributed by atoms with Gasteiger partial charge in [-0.2, -0.15) is 0 Å². The van der Waals surface area contributed by atoms with Gasteiger partial charge < -0.3 is 10.2 Å². The number of hydrogen-bond acceptors (Lipinski definition) is 3. The zero-order valence-corrected chi connectivity index (χ0v) is 9.32. The molecule has 4 heteroatoms. The number of carboxylic acids is 1. The highest BCUT2D eigenvalue weighted by molar-refractivity contribution is 5.73. The van der Waals surface area contributed by atoms with Crippen LogP contribution in [0.1, 0.15) is 34.1 Å². The van der Waals surface area contributed by atoms with Gasteiger partial charge in [0.2, 0.25) is 0 Å². The van der Waals surface area contributed by atoms with Gasteiger partial charge in [-0.1, -0.05) is 13.8 Å². The number of carboxylic acid groups (broad SMARTS) is 1. The number of aliphatic carboxylic acids is 1. The van der Waals surface area contributed by atoms with Crippen LogP contribution in [-0.2, 0) is 4.79 Å². The third kappa shape index (κ3) is 5.19. The van der Waals surface area contributed by atoms with E-state index in [2.05, 4.69) is 5.32 Å². The molecule has 0 saturated carbocycles. The second-order valence-corrected chi connectivity index (χ2v) is 4.22. The van der Waals surface area contributed by atoms with Crippen molar-refractivity contribution in [3.05, 3.63) is 0 Å². The van der Waals surface area contributed by atoms with Gasteiger partial charge in [0.15, 0.2) is 0 Å². The monoisotopic (exact) mass is 203 g/mol. The molecule has 3 N–H and O–H groups in total. The Labute approximate surface area is 85.3 Å². The lowest BCUT2D eigenvalue weighted by Crippen LogP contribution is -2.47. The summed E-state index contributed by atoms with van der Waals surface area (Å²) in [7, 11) is 0. The van der Waals surface area contributed by atoms with E-state index in [1.807, 2.05) is 13.8 Å². The van der Waals surface area contributed by atoms with Crippen LogP contribution in [0.4, 0.5) is 0 Å². The van der Waals surface area contributed by atoms with E-state index in [0.717, 1.165) is 0 Å². The quantitative estimate of drug-likeness (QED) is 0.598. The lowest BCUT2D eigenvalue weighted by atomic mass is 10.0. The normalized spacial score (nSPS) is 17.9. The molecule has 0 heterocycles. The van der Waals surface area contributed by atoms with E-state index >= 15 is 0 Å². The minimum atomic E-state index is -0.855. The van der Waals surface area contributed by atoms with Crippen LogP contribution in [0, 0.1) is 5.92 Å². The molecule has 84 valence electrons. The maximum Gasteiger partial charge on any atom is 0.320 e. The molecule has 0 amide bonds. The predicted molar refractivity (Wildman–Crippen MR) is 55.2 cm³/mol. The molecule has 0 radical (unpaired) electrons. The number of rotatable bonds is 6. The highest BCUT2D eigenvalue weighted by atomic mass is 16.4. The summed E-state index contributed by atoms with van der Waals surface area (Å²) in [4.78, 5) is 10.8. The fourth-order valence-electron chi connectivity index (χ4n) is 1.17. The molecule has 0 spiro atoms. The van der Waals surface area contributed by atoms with Crippen molar-refractivity contribution >= 4 is 5.97 Å². The van der Waals surface area contributed by atoms with E-state index in [1.165, 1.54) is 0 Å². The first-order chi connectivity index (χ1) is 6.34. The molecule has 0 aromatic carbocycles. The van der Waals surface area contributed by atoms with Crippen LogP contribution in [0.25, 0.3) is 0 Å². The number of hydrogen-bond donors (Lipinski definition) is 3. The molecule has 0 rings (SSSR count). The number of carbonyl (C=O) groups is 1. The largest absolute Gasteiger partial charge is 0.480 e. The Morgan fingerprint density at radius 3 is 2.07 bits per heavy atom. The number of nitrogens with one attached hydrogen (secondary N) is 1. The maximum atomic E-state index is 10.8. The molecule has 0 aromatic heterocycles. The molecule has 14 heavy (non-hydrogen) atoms. The van der Waals surface area contributed by atoms with E-state index in [9.17, 15) is 9.90 Å². The molecule has 0 aliphatic rings. The summed E-state index contributed by atoms with van der Waals surface area (Å²) in [5, 5.41) is 21.0. The lowest BCUT2D eigenvalue weighted by molar-refractivity contribution is -0.140. The van der Waals surface area contributed by atoms with Gasteiger partial charge >= 0.3 is 5.97 Å². The SMILES string of the molecule is CC(C)CC(NC(C)C(C)O)C(=O)O. The first-order valence-corrected chi connectivity index (χ1v) is 5.01. The Bertz CT molecular complexity index is 180. The van der Waals surface area contributed by atoms with Crippen molar-refractivity contribution in [3.63, 3.8) is 0 Å². The second kappa shape index (κ2) is 5.98. The van der Waals surface area contributed by atoms with Crippen LogP contribution in [0.3, 0.4) is 0 Å². The van der Waals surface area contributed by atoms with E-state index in [4.69, 9.17) is 5.11 Å². The molecule has 0 saturated heterocycles. The number of aliphatic hydroxyl groups excluding tert-OH is 1. The van der Waals surface area contributed by atoms with Gasteiger partial charge in [-0.25, -0.2) is 0 Å². The van der Waals surface area contributed by atoms with Gasteiger partial charge in [-0.05, 0) is 26.2 Å². The van der Waals surface area contributed by atoms with Crippen LogP contribution in [-0.4, -0.2) is 34.4 Å². The smallest absolute Gasteiger partial charge is 0.320 e. The highest BCUT2D eigenvalue weighted by Gasteiger charge is 2.22. The van der Waals surface area contributed by atoms with Gasteiger partial charge in [-0.15, -0.1) is 0 Å². The van der Waals surface area contributed by atoms with Crippen molar-refractivity contribution < 1.29 is 15.0 Å². The average Bonchev–Trinajstić information content (AvgIpc) is 2.01. The third-order valence-electron chi connectivity index (χ3n) is 2.19. The van der Waals surface area contributed by atoms with Crippen molar-refractivity contribution in [2.24, 2.45) is 5.92 Å². The zero-order chi connectivity index (χ0) is 11.3. The molecule has 3 atom stereocenters. The molecule has 0 bridgehead atoms. The summed E-state index contributed by atoms with van der Waals surface area (Å²) >= 11 is 0. The topological polar surface area (TPSA) is 69.6 Å². The van der Waals surface area contributed by atoms with Crippen molar-refractivity contribution in [2.45, 2.75) is 52.3 Å². The maximum absolute atomic E-state index is 10.8. The fraction of sp³-hybridized carbons (Fsp3) is 0.900. The van der Waals surface area contributed by atoms with Crippen molar-refractivity contribution in [3.8, 4) is 0 Å². The Kier molecular flexibility index (Phi) is 5.72. The van der Waals surface area contributed by atoms with Crippen LogP contribution in [0.5, 0.6) is 0 Å². The average molecular weight is 203 g/mol. The zero-order valence-electron chi connectivity index (χ0n) is 9.32. The van der Waals surface area contributed by atoms with Crippen molar-refractivity contribution in [1.82, 2.24) is 5.32 Å². The molecule has 0 aliphatic carbocycles. The molecule has 0 aromatic rings. The third-order valence-corrected chi connectivity index (χ3v) is 2.19. The Morgan fingerprint density at radius 1 is 1.29 bits per heavy atom. The van der Waals surface area contributed by atoms with Gasteiger partial charge in [0.25, 0.3) is 0 Å². The molecule has 4 nitrogen and oxygen atoms in total. The standard InChI is InChI=1S/C10H21NO3/c1-6(2)5-9(10(13)14)11-7(3)8(4)12/h6-9,11-12H,5H2,1-4H3,(H,13,14). The van der Waals surface area contributed by atoms with Gasteiger partial charge in [0, 0.05) is 6.04 Å². The molecule has 0 fully saturated rings. The second-order valence-electron chi connectivity index (χ2n) is 4.22. The van der Waals surface area contributed by atoms with Gasteiger partial charge in [-0.3, -0.25) is 10.1 Å². The Hall–Kier alpha value is -0.610. The van der Waals surface area contributed by atoms with Crippen LogP contribution in [0.15, 0.2) is 0 Å². The molecule has 3 unspecified atom stereocenters. The predicted octanol–water partition coefficient (Wildman–Crippen LogP) is 0.845. The van der Waals surface area contributed by atoms with Gasteiger partial charge in [0.1, 0.15) is 6.04 Å². The van der Waals surface area contributed by atoms with Crippen LogP contribution >= 0.6 is 0 Å². The fourth-order valence-corrected chi connectivity index (χ4v) is 1.17. The van der Waals surface area contributed by atoms with Crippen LogP contribution < -0.4 is 5.32 Å². The van der Waals surface area contributed by atoms with Crippen molar-refractivity contribution in [2.75, 3.05) is 0 Å². The van der Waals surface area contributed by atoms with E-state index in [0.29, 0.717) is 12.3 Å². The summed E-state index contributed by atoms with van der Waals surface area (Å²) < 4.78 is 0. The summed E-state index contributed by atoms with van der Waals surface area (Å²) in [5.74, 6) is -0.531. The molecule has 0 aliphatic heterocycles. The van der Waals surface area contributed by atoms with E-state index < -0.39 is 18.1 Å². The van der Waals surface area contributed by atoms with E-state index in [-0.39, 0.29) is 6.04 Å². The highest BCUT2D eigenvalue weighted by Crippen LogP contribution is 2.06. The van der Waals surface area contributed by atoms with Gasteiger partial charge in [0.05, 0.1) is 6.10 Å². The number of aliphatic hydroxyl groups is 1. The molecular weight excluding hydrogens is 182 g/mol. The Morgan fingerprint density at radius 2 is 1.79 bits per heavy atom. The summed E-state index contributed by atoms with van der Waals surface area (Å²) in [5.41, 5.74) is 0. The minimum Gasteiger partial charge on any atom is -0.480 e. The first-order valence-electron chi connectivity index (χ1n) is 5.01. The van der Waals surface area contributed by atoms with Crippen molar-refractivity contribution in [1.29, 1.82) is 0 Å². The molecular formula is C10H21NO3. The summed E-state index contributed by atoms with van der Waals surface area (Å²) in [6.45, 7) is 7.38. The summed E-state index contributed by atoms with van der Waals surface area (Å²) in [6, 6.07) is -0.769. The summed E-state index contributed by atoms with van der Waals surface area (Å²) in [6.07, 6.45) is 0.0378. The first kappa shape index (κ1) is 13.4. The Balaban J connectivity index is 4.16. The lowest BCUT2D eigenvalue weighted by Gasteiger charge is -2.23. The minimum absolute atomic E-state index is 0.199.